The fourth-order valence-electron chi connectivity index (χ4n) is 5.00. The van der Waals surface area contributed by atoms with Gasteiger partial charge in [-0.3, -0.25) is 14.5 Å². The molecule has 1 aliphatic carbocycles. The minimum absolute atomic E-state index is 0.106. The van der Waals surface area contributed by atoms with Crippen molar-refractivity contribution in [1.29, 1.82) is 0 Å². The lowest BCUT2D eigenvalue weighted by molar-refractivity contribution is -0.125. The number of rotatable bonds is 4. The van der Waals surface area contributed by atoms with Gasteiger partial charge in [0, 0.05) is 25.3 Å². The quantitative estimate of drug-likeness (QED) is 0.550. The fraction of sp³-hybridized carbons (Fsp3) is 0.481. The van der Waals surface area contributed by atoms with Crippen LogP contribution in [0.3, 0.4) is 0 Å². The summed E-state index contributed by atoms with van der Waals surface area (Å²) < 4.78 is 0. The molecule has 0 unspecified atom stereocenters. The van der Waals surface area contributed by atoms with Crippen molar-refractivity contribution in [2.24, 2.45) is 0 Å². The monoisotopic (exact) mass is 450 g/mol. The Morgan fingerprint density at radius 3 is 2.12 bits per heavy atom. The summed E-state index contributed by atoms with van der Waals surface area (Å²) in [5, 5.41) is -0.152. The van der Waals surface area contributed by atoms with Crippen molar-refractivity contribution < 1.29 is 9.59 Å². The number of carbonyl (C=O) groups is 2. The molecule has 0 N–H and O–H groups in total. The first kappa shape index (κ1) is 22.9. The molecule has 0 bridgehead atoms. The van der Waals surface area contributed by atoms with Gasteiger partial charge < -0.3 is 4.90 Å². The van der Waals surface area contributed by atoms with Crippen LogP contribution >= 0.6 is 11.8 Å². The third kappa shape index (κ3) is 3.96. The van der Waals surface area contributed by atoms with Gasteiger partial charge in [-0.1, -0.05) is 57.7 Å². The van der Waals surface area contributed by atoms with Crippen LogP contribution in [-0.2, 0) is 22.2 Å². The van der Waals surface area contributed by atoms with Crippen LogP contribution in [0.2, 0.25) is 0 Å². The molecule has 2 amide bonds. The van der Waals surface area contributed by atoms with Gasteiger partial charge >= 0.3 is 0 Å². The molecule has 1 aliphatic heterocycles. The summed E-state index contributed by atoms with van der Waals surface area (Å²) in [5.41, 5.74) is 9.07. The van der Waals surface area contributed by atoms with Gasteiger partial charge in [0.2, 0.25) is 5.91 Å². The van der Waals surface area contributed by atoms with Crippen molar-refractivity contribution in [1.82, 2.24) is 4.90 Å². The highest BCUT2D eigenvalue weighted by molar-refractivity contribution is 8.14. The van der Waals surface area contributed by atoms with E-state index in [-0.39, 0.29) is 27.7 Å². The van der Waals surface area contributed by atoms with Crippen LogP contribution in [0, 0.1) is 6.92 Å². The Bertz CT molecular complexity index is 1090. The predicted octanol–water partition coefficient (Wildman–Crippen LogP) is 6.27. The van der Waals surface area contributed by atoms with E-state index < -0.39 is 0 Å². The molecule has 4 nitrogen and oxygen atoms in total. The SMILES string of the molecule is Cc1cc2c(cc1-c1ccc(CN3C(=O)CSC3=O)cc1N(C)C)C(C)(C)CCC2(C)C. The Kier molecular flexibility index (Phi) is 5.69. The van der Waals surface area contributed by atoms with Crippen molar-refractivity contribution in [3.05, 3.63) is 52.6 Å². The van der Waals surface area contributed by atoms with Gasteiger partial charge in [0.25, 0.3) is 5.24 Å². The molecule has 2 aromatic carbocycles. The van der Waals surface area contributed by atoms with Crippen molar-refractivity contribution in [2.75, 3.05) is 24.7 Å². The second kappa shape index (κ2) is 7.95. The molecular weight excluding hydrogens is 416 g/mol. The number of thioether (sulfide) groups is 1. The first-order valence-electron chi connectivity index (χ1n) is 11.3. The van der Waals surface area contributed by atoms with Crippen molar-refractivity contribution in [3.63, 3.8) is 0 Å². The second-order valence-corrected chi connectivity index (χ2v) is 11.7. The Labute approximate surface area is 196 Å². The summed E-state index contributed by atoms with van der Waals surface area (Å²) in [4.78, 5) is 27.6. The Balaban J connectivity index is 1.80. The summed E-state index contributed by atoms with van der Waals surface area (Å²) >= 11 is 1.08. The van der Waals surface area contributed by atoms with Crippen LogP contribution in [0.5, 0.6) is 0 Å². The topological polar surface area (TPSA) is 40.6 Å². The molecule has 1 heterocycles. The summed E-state index contributed by atoms with van der Waals surface area (Å²) in [5.74, 6) is 0.142. The molecule has 32 heavy (non-hydrogen) atoms. The molecule has 0 atom stereocenters. The molecule has 1 fully saturated rings. The number of anilines is 1. The summed E-state index contributed by atoms with van der Waals surface area (Å²) in [7, 11) is 4.09. The number of amides is 2. The molecule has 170 valence electrons. The van der Waals surface area contributed by atoms with Crippen LogP contribution in [-0.4, -0.2) is 35.9 Å². The number of hydrogen-bond donors (Lipinski definition) is 0. The van der Waals surface area contributed by atoms with Gasteiger partial charge in [-0.15, -0.1) is 0 Å². The highest BCUT2D eigenvalue weighted by Gasteiger charge is 2.37. The summed E-state index contributed by atoms with van der Waals surface area (Å²) in [6, 6.07) is 11.1. The molecule has 4 rings (SSSR count). The lowest BCUT2D eigenvalue weighted by Gasteiger charge is -2.42. The van der Waals surface area contributed by atoms with Crippen LogP contribution in [0.25, 0.3) is 11.1 Å². The number of imide groups is 1. The smallest absolute Gasteiger partial charge is 0.289 e. The van der Waals surface area contributed by atoms with E-state index in [2.05, 4.69) is 69.9 Å². The first-order valence-corrected chi connectivity index (χ1v) is 12.3. The molecule has 0 saturated carbocycles. The Hall–Kier alpha value is -2.27. The van der Waals surface area contributed by atoms with Gasteiger partial charge in [-0.2, -0.15) is 0 Å². The molecule has 2 aliphatic rings. The molecule has 5 heteroatoms. The lowest BCUT2D eigenvalue weighted by Crippen LogP contribution is -2.34. The highest BCUT2D eigenvalue weighted by Crippen LogP contribution is 2.48. The van der Waals surface area contributed by atoms with E-state index in [4.69, 9.17) is 0 Å². The molecule has 0 spiro atoms. The van der Waals surface area contributed by atoms with E-state index >= 15 is 0 Å². The number of benzene rings is 2. The standard InChI is InChI=1S/C27H34N2O2S/c1-17-12-21-22(27(4,5)11-10-26(21,2)3)14-20(17)19-9-8-18(13-23(19)28(6)7)15-29-24(30)16-32-25(29)31/h8-9,12-14H,10-11,15-16H2,1-7H3. The Morgan fingerprint density at radius 2 is 1.56 bits per heavy atom. The third-order valence-corrected chi connectivity index (χ3v) is 8.07. The van der Waals surface area contributed by atoms with Crippen LogP contribution in [0.1, 0.15) is 62.8 Å². The van der Waals surface area contributed by atoms with Gasteiger partial charge in [0.1, 0.15) is 0 Å². The second-order valence-electron chi connectivity index (χ2n) is 10.8. The number of nitrogens with zero attached hydrogens (tertiary/aromatic N) is 2. The van der Waals surface area contributed by atoms with Crippen LogP contribution in [0.4, 0.5) is 10.5 Å². The number of fused-ring (bicyclic) bond motifs is 1. The average molecular weight is 451 g/mol. The Morgan fingerprint density at radius 1 is 0.938 bits per heavy atom. The van der Waals surface area contributed by atoms with Gasteiger partial charge in [-0.05, 0) is 70.5 Å². The normalized spacial score (nSPS) is 19.3. The van der Waals surface area contributed by atoms with Gasteiger partial charge in [-0.25, -0.2) is 0 Å². The maximum absolute atomic E-state index is 12.1. The number of hydrogen-bond acceptors (Lipinski definition) is 4. The van der Waals surface area contributed by atoms with Crippen molar-refractivity contribution >= 4 is 28.6 Å². The van der Waals surface area contributed by atoms with Crippen molar-refractivity contribution in [2.45, 2.75) is 64.8 Å². The molecule has 0 radical (unpaired) electrons. The molecule has 1 saturated heterocycles. The van der Waals surface area contributed by atoms with Crippen LogP contribution in [0.15, 0.2) is 30.3 Å². The zero-order valence-electron chi connectivity index (χ0n) is 20.3. The number of aryl methyl sites for hydroxylation is 1. The zero-order chi connectivity index (χ0) is 23.4. The maximum Gasteiger partial charge on any atom is 0.289 e. The van der Waals surface area contributed by atoms with E-state index in [1.165, 1.54) is 45.6 Å². The third-order valence-electron chi connectivity index (χ3n) is 7.21. The van der Waals surface area contributed by atoms with E-state index in [0.717, 1.165) is 23.0 Å². The highest BCUT2D eigenvalue weighted by atomic mass is 32.2. The largest absolute Gasteiger partial charge is 0.377 e. The zero-order valence-corrected chi connectivity index (χ0v) is 21.2. The predicted molar refractivity (Wildman–Crippen MR) is 135 cm³/mol. The average Bonchev–Trinajstić information content (AvgIpc) is 3.03. The van der Waals surface area contributed by atoms with E-state index in [9.17, 15) is 9.59 Å². The molecular formula is C27H34N2O2S. The van der Waals surface area contributed by atoms with E-state index in [1.807, 2.05) is 14.1 Å². The van der Waals surface area contributed by atoms with Crippen molar-refractivity contribution in [3.8, 4) is 11.1 Å². The molecule has 0 aromatic heterocycles. The van der Waals surface area contributed by atoms with Crippen LogP contribution < -0.4 is 4.90 Å². The number of carbonyl (C=O) groups excluding carboxylic acids is 2. The summed E-state index contributed by atoms with van der Waals surface area (Å²) in [6.07, 6.45) is 2.39. The van der Waals surface area contributed by atoms with E-state index in [1.54, 1.807) is 0 Å². The van der Waals surface area contributed by atoms with Gasteiger partial charge in [0.05, 0.1) is 12.3 Å². The first-order chi connectivity index (χ1) is 14.9. The lowest BCUT2D eigenvalue weighted by atomic mass is 9.62. The van der Waals surface area contributed by atoms with E-state index in [0.29, 0.717) is 6.54 Å². The molecule has 2 aromatic rings. The minimum Gasteiger partial charge on any atom is -0.377 e. The minimum atomic E-state index is -0.152. The summed E-state index contributed by atoms with van der Waals surface area (Å²) in [6.45, 7) is 12.0. The fourth-order valence-corrected chi connectivity index (χ4v) is 5.73. The maximum atomic E-state index is 12.1. The van der Waals surface area contributed by atoms with Gasteiger partial charge in [0.15, 0.2) is 0 Å².